The van der Waals surface area contributed by atoms with E-state index in [2.05, 4.69) is 0 Å². The van der Waals surface area contributed by atoms with E-state index in [9.17, 15) is 9.59 Å². The lowest BCUT2D eigenvalue weighted by Crippen LogP contribution is -2.36. The normalized spacial score (nSPS) is 10.0. The number of carbonyl (C=O) groups is 2. The van der Waals surface area contributed by atoms with E-state index in [0.29, 0.717) is 13.2 Å². The molecule has 5 nitrogen and oxygen atoms in total. The number of ether oxygens (including phenoxy) is 1. The van der Waals surface area contributed by atoms with Crippen LogP contribution in [0.2, 0.25) is 0 Å². The Morgan fingerprint density at radius 2 is 2.00 bits per heavy atom. The molecule has 0 aliphatic rings. The van der Waals surface area contributed by atoms with E-state index in [0.717, 1.165) is 4.90 Å². The maximum atomic E-state index is 11.3. The quantitative estimate of drug-likeness (QED) is 0.728. The molecule has 0 radical (unpaired) electrons. The number of carboxylic acids is 1. The summed E-state index contributed by atoms with van der Waals surface area (Å²) in [5.74, 6) is -0.782. The summed E-state index contributed by atoms with van der Waals surface area (Å²) in [5, 5.41) is 8.49. The van der Waals surface area contributed by atoms with Crippen molar-refractivity contribution in [3.8, 4) is 0 Å². The van der Waals surface area contributed by atoms with E-state index in [4.69, 9.17) is 9.84 Å². The number of amides is 1. The van der Waals surface area contributed by atoms with Gasteiger partial charge in [-0.3, -0.25) is 9.69 Å². The lowest BCUT2D eigenvalue weighted by atomic mass is 10.2. The van der Waals surface area contributed by atoms with Crippen molar-refractivity contribution in [3.63, 3.8) is 0 Å². The molecule has 0 fully saturated rings. The first-order valence-corrected chi connectivity index (χ1v) is 4.60. The Labute approximate surface area is 83.6 Å². The maximum absolute atomic E-state index is 11.3. The van der Waals surface area contributed by atoms with Gasteiger partial charge in [-0.1, -0.05) is 13.8 Å². The van der Waals surface area contributed by atoms with Crippen molar-refractivity contribution in [3.05, 3.63) is 0 Å². The van der Waals surface area contributed by atoms with Gasteiger partial charge in [0.15, 0.2) is 0 Å². The number of carboxylic acid groups (broad SMARTS) is 1. The molecule has 0 aromatic heterocycles. The first-order chi connectivity index (χ1) is 6.47. The average molecular weight is 203 g/mol. The Morgan fingerprint density at radius 1 is 1.43 bits per heavy atom. The zero-order chi connectivity index (χ0) is 11.1. The minimum atomic E-state index is -1.03. The molecule has 0 heterocycles. The SMILES string of the molecule is CCN(CC(=O)O)C(=O)OCC(C)C. The summed E-state index contributed by atoms with van der Waals surface area (Å²) in [6.45, 7) is 5.88. The fourth-order valence-corrected chi connectivity index (χ4v) is 0.798. The predicted molar refractivity (Wildman–Crippen MR) is 51.1 cm³/mol. The molecule has 0 aromatic rings. The molecule has 0 rings (SSSR count). The molecular formula is C9H17NO4. The highest BCUT2D eigenvalue weighted by atomic mass is 16.6. The summed E-state index contributed by atoms with van der Waals surface area (Å²) in [6, 6.07) is 0. The third kappa shape index (κ3) is 5.40. The van der Waals surface area contributed by atoms with Gasteiger partial charge in [0.1, 0.15) is 6.54 Å². The van der Waals surface area contributed by atoms with Crippen molar-refractivity contribution in [2.45, 2.75) is 20.8 Å². The molecule has 82 valence electrons. The summed E-state index contributed by atoms with van der Waals surface area (Å²) in [4.78, 5) is 22.8. The standard InChI is InChI=1S/C9H17NO4/c1-4-10(5-8(11)12)9(13)14-6-7(2)3/h7H,4-6H2,1-3H3,(H,11,12). The first-order valence-electron chi connectivity index (χ1n) is 4.60. The molecule has 0 aliphatic carbocycles. The highest BCUT2D eigenvalue weighted by Crippen LogP contribution is 1.98. The number of likely N-dealkylation sites (N-methyl/N-ethyl adjacent to an activating group) is 1. The van der Waals surface area contributed by atoms with Gasteiger partial charge in [0.25, 0.3) is 0 Å². The number of hydrogen-bond acceptors (Lipinski definition) is 3. The summed E-state index contributed by atoms with van der Waals surface area (Å²) in [6.07, 6.45) is -0.566. The van der Waals surface area contributed by atoms with E-state index < -0.39 is 12.1 Å². The Kier molecular flexibility index (Phi) is 5.67. The predicted octanol–water partition coefficient (Wildman–Crippen LogP) is 1.19. The lowest BCUT2D eigenvalue weighted by Gasteiger charge is -2.18. The third-order valence-electron chi connectivity index (χ3n) is 1.51. The van der Waals surface area contributed by atoms with Crippen molar-refractivity contribution < 1.29 is 19.4 Å². The molecule has 0 unspecified atom stereocenters. The average Bonchev–Trinajstić information content (AvgIpc) is 2.09. The number of hydrogen-bond donors (Lipinski definition) is 1. The van der Waals surface area contributed by atoms with Crippen molar-refractivity contribution in [2.75, 3.05) is 19.7 Å². The summed E-state index contributed by atoms with van der Waals surface area (Å²) >= 11 is 0. The van der Waals surface area contributed by atoms with Crippen molar-refractivity contribution in [2.24, 2.45) is 5.92 Å². The second-order valence-corrected chi connectivity index (χ2v) is 3.38. The molecule has 5 heteroatoms. The number of carbonyl (C=O) groups excluding carboxylic acids is 1. The Bertz CT molecular complexity index is 203. The van der Waals surface area contributed by atoms with Crippen molar-refractivity contribution in [1.29, 1.82) is 0 Å². The molecule has 0 bridgehead atoms. The van der Waals surface area contributed by atoms with E-state index >= 15 is 0 Å². The molecule has 0 spiro atoms. The Balaban J connectivity index is 3.98. The highest BCUT2D eigenvalue weighted by Gasteiger charge is 2.16. The molecular weight excluding hydrogens is 186 g/mol. The van der Waals surface area contributed by atoms with Gasteiger partial charge in [-0.2, -0.15) is 0 Å². The molecule has 1 amide bonds. The Morgan fingerprint density at radius 3 is 2.36 bits per heavy atom. The van der Waals surface area contributed by atoms with Crippen LogP contribution >= 0.6 is 0 Å². The maximum Gasteiger partial charge on any atom is 0.410 e. The number of aliphatic carboxylic acids is 1. The summed E-state index contributed by atoms with van der Waals surface area (Å²) in [5.41, 5.74) is 0. The summed E-state index contributed by atoms with van der Waals surface area (Å²) in [7, 11) is 0. The van der Waals surface area contributed by atoms with Crippen LogP contribution in [0.5, 0.6) is 0 Å². The van der Waals surface area contributed by atoms with Crippen LogP contribution in [-0.2, 0) is 9.53 Å². The van der Waals surface area contributed by atoms with Crippen LogP contribution in [0.3, 0.4) is 0 Å². The van der Waals surface area contributed by atoms with Gasteiger partial charge in [-0.05, 0) is 12.8 Å². The molecule has 0 atom stereocenters. The van der Waals surface area contributed by atoms with E-state index in [1.165, 1.54) is 0 Å². The lowest BCUT2D eigenvalue weighted by molar-refractivity contribution is -0.138. The van der Waals surface area contributed by atoms with E-state index in [1.807, 2.05) is 13.8 Å². The van der Waals surface area contributed by atoms with Crippen LogP contribution in [0.4, 0.5) is 4.79 Å². The molecule has 1 N–H and O–H groups in total. The van der Waals surface area contributed by atoms with Gasteiger partial charge in [-0.15, -0.1) is 0 Å². The molecule has 0 saturated heterocycles. The van der Waals surface area contributed by atoms with E-state index in [-0.39, 0.29) is 12.5 Å². The van der Waals surface area contributed by atoms with Crippen LogP contribution in [0.1, 0.15) is 20.8 Å². The summed E-state index contributed by atoms with van der Waals surface area (Å²) < 4.78 is 4.88. The molecule has 0 aliphatic heterocycles. The fraction of sp³-hybridized carbons (Fsp3) is 0.778. The smallest absolute Gasteiger partial charge is 0.410 e. The van der Waals surface area contributed by atoms with Gasteiger partial charge >= 0.3 is 12.1 Å². The highest BCUT2D eigenvalue weighted by molar-refractivity contribution is 5.76. The topological polar surface area (TPSA) is 66.8 Å². The number of nitrogens with zero attached hydrogens (tertiary/aromatic N) is 1. The second kappa shape index (κ2) is 6.23. The van der Waals surface area contributed by atoms with Gasteiger partial charge < -0.3 is 9.84 Å². The molecule has 0 saturated carbocycles. The van der Waals surface area contributed by atoms with E-state index in [1.54, 1.807) is 6.92 Å². The zero-order valence-electron chi connectivity index (χ0n) is 8.82. The van der Waals surface area contributed by atoms with Gasteiger partial charge in [-0.25, -0.2) is 4.79 Å². The van der Waals surface area contributed by atoms with Gasteiger partial charge in [0, 0.05) is 6.54 Å². The minimum absolute atomic E-state index is 0.252. The first kappa shape index (κ1) is 12.7. The third-order valence-corrected chi connectivity index (χ3v) is 1.51. The minimum Gasteiger partial charge on any atom is -0.480 e. The van der Waals surface area contributed by atoms with Gasteiger partial charge in [0.2, 0.25) is 0 Å². The Hall–Kier alpha value is -1.26. The van der Waals surface area contributed by atoms with Gasteiger partial charge in [0.05, 0.1) is 6.61 Å². The fourth-order valence-electron chi connectivity index (χ4n) is 0.798. The van der Waals surface area contributed by atoms with Crippen LogP contribution in [0.25, 0.3) is 0 Å². The number of rotatable bonds is 5. The monoisotopic (exact) mass is 203 g/mol. The van der Waals surface area contributed by atoms with Crippen LogP contribution in [-0.4, -0.2) is 41.8 Å². The molecule has 0 aromatic carbocycles. The van der Waals surface area contributed by atoms with Crippen LogP contribution in [0.15, 0.2) is 0 Å². The van der Waals surface area contributed by atoms with Crippen molar-refractivity contribution >= 4 is 12.1 Å². The van der Waals surface area contributed by atoms with Crippen LogP contribution in [0, 0.1) is 5.92 Å². The zero-order valence-corrected chi connectivity index (χ0v) is 8.82. The largest absolute Gasteiger partial charge is 0.480 e. The molecule has 14 heavy (non-hydrogen) atoms. The van der Waals surface area contributed by atoms with Crippen LogP contribution < -0.4 is 0 Å². The second-order valence-electron chi connectivity index (χ2n) is 3.38. The van der Waals surface area contributed by atoms with Crippen molar-refractivity contribution in [1.82, 2.24) is 4.90 Å².